The van der Waals surface area contributed by atoms with Crippen LogP contribution in [-0.4, -0.2) is 45.5 Å². The van der Waals surface area contributed by atoms with Crippen LogP contribution in [0.5, 0.6) is 5.75 Å². The first kappa shape index (κ1) is 25.1. The number of hydrogen-bond acceptors (Lipinski definition) is 6. The van der Waals surface area contributed by atoms with E-state index in [-0.39, 0.29) is 0 Å². The number of benzene rings is 2. The third kappa shape index (κ3) is 4.25. The molecule has 0 bridgehead atoms. The van der Waals surface area contributed by atoms with Crippen LogP contribution in [0.25, 0.3) is 22.7 Å². The smallest absolute Gasteiger partial charge is 0.406 e. The first-order valence-electron chi connectivity index (χ1n) is 12.7. The van der Waals surface area contributed by atoms with Crippen molar-refractivity contribution in [2.24, 2.45) is 0 Å². The highest BCUT2D eigenvalue weighted by Crippen LogP contribution is 2.45. The van der Waals surface area contributed by atoms with Gasteiger partial charge in [0.25, 0.3) is 0 Å². The zero-order valence-electron chi connectivity index (χ0n) is 21.5. The van der Waals surface area contributed by atoms with Gasteiger partial charge in [0.1, 0.15) is 23.5 Å². The van der Waals surface area contributed by atoms with Gasteiger partial charge in [0.05, 0.1) is 18.9 Å². The topological polar surface area (TPSA) is 86.3 Å². The van der Waals surface area contributed by atoms with Crippen LogP contribution in [0.2, 0.25) is 0 Å². The van der Waals surface area contributed by atoms with Gasteiger partial charge in [0.2, 0.25) is 5.91 Å². The quantitative estimate of drug-likeness (QED) is 0.342. The van der Waals surface area contributed by atoms with E-state index < -0.39 is 24.0 Å². The minimum atomic E-state index is -4.55. The lowest BCUT2D eigenvalue weighted by Crippen LogP contribution is -2.52. The number of amides is 1. The molecule has 202 valence electrons. The van der Waals surface area contributed by atoms with Crippen LogP contribution < -0.4 is 9.64 Å². The van der Waals surface area contributed by atoms with E-state index in [1.807, 2.05) is 22.8 Å². The molecular formula is C28H26F3N5O3. The summed E-state index contributed by atoms with van der Waals surface area (Å²) < 4.78 is 54.2. The lowest BCUT2D eigenvalue weighted by atomic mass is 9.75. The maximum Gasteiger partial charge on any atom is 0.406 e. The molecule has 4 aromatic rings. The van der Waals surface area contributed by atoms with Gasteiger partial charge < -0.3 is 18.6 Å². The maximum absolute atomic E-state index is 14.1. The van der Waals surface area contributed by atoms with E-state index in [0.29, 0.717) is 78.1 Å². The number of methoxy groups -OCH3 is 1. The molecular weight excluding hydrogens is 511 g/mol. The fourth-order valence-corrected chi connectivity index (χ4v) is 5.84. The summed E-state index contributed by atoms with van der Waals surface area (Å²) in [7, 11) is 1.55. The molecule has 2 aliphatic rings. The average Bonchev–Trinajstić information content (AvgIpc) is 3.54. The Labute approximate surface area is 222 Å². The normalized spacial score (nSPS) is 19.1. The highest BCUT2D eigenvalue weighted by molar-refractivity contribution is 6.02. The number of alkyl halides is 3. The van der Waals surface area contributed by atoms with Crippen molar-refractivity contribution in [1.82, 2.24) is 19.7 Å². The van der Waals surface area contributed by atoms with Crippen molar-refractivity contribution in [3.8, 4) is 28.5 Å². The van der Waals surface area contributed by atoms with Crippen LogP contribution in [0.1, 0.15) is 36.5 Å². The zero-order chi connectivity index (χ0) is 27.4. The Kier molecular flexibility index (Phi) is 5.96. The van der Waals surface area contributed by atoms with Crippen LogP contribution in [0, 0.1) is 6.92 Å². The van der Waals surface area contributed by atoms with Crippen LogP contribution in [0.3, 0.4) is 0 Å². The van der Waals surface area contributed by atoms with Gasteiger partial charge in [-0.15, -0.1) is 10.2 Å². The molecule has 2 aromatic heterocycles. The molecule has 0 saturated heterocycles. The van der Waals surface area contributed by atoms with E-state index in [1.54, 1.807) is 44.5 Å². The van der Waals surface area contributed by atoms with E-state index in [1.165, 1.54) is 0 Å². The van der Waals surface area contributed by atoms with Crippen LogP contribution in [-0.2, 0) is 23.2 Å². The number of aromatic nitrogens is 4. The van der Waals surface area contributed by atoms with Crippen molar-refractivity contribution in [1.29, 1.82) is 0 Å². The molecule has 4 heterocycles. The molecule has 1 atom stereocenters. The summed E-state index contributed by atoms with van der Waals surface area (Å²) in [6.07, 6.45) is -1.12. The summed E-state index contributed by atoms with van der Waals surface area (Å²) in [6.45, 7) is 0.946. The SMILES string of the molecule is COc1cc(-c2nnc3n2CCCC32CCc3ccccc3N(CC(F)(F)F)C2=O)ccc1-c1cnc(C)o1. The second-order valence-electron chi connectivity index (χ2n) is 9.98. The molecule has 0 N–H and O–H groups in total. The number of aryl methyl sites for hydroxylation is 2. The Balaban J connectivity index is 1.43. The summed E-state index contributed by atoms with van der Waals surface area (Å²) in [5, 5.41) is 8.89. The average molecular weight is 538 g/mol. The second-order valence-corrected chi connectivity index (χ2v) is 9.98. The number of rotatable bonds is 4. The van der Waals surface area contributed by atoms with Gasteiger partial charge in [-0.3, -0.25) is 4.79 Å². The Morgan fingerprint density at radius 2 is 1.95 bits per heavy atom. The highest BCUT2D eigenvalue weighted by atomic mass is 19.4. The van der Waals surface area contributed by atoms with E-state index >= 15 is 0 Å². The monoisotopic (exact) mass is 537 g/mol. The number of anilines is 1. The predicted molar refractivity (Wildman–Crippen MR) is 136 cm³/mol. The molecule has 0 aliphatic carbocycles. The van der Waals surface area contributed by atoms with Gasteiger partial charge in [-0.25, -0.2) is 4.98 Å². The highest BCUT2D eigenvalue weighted by Gasteiger charge is 2.52. The number of ether oxygens (including phenoxy) is 1. The number of fused-ring (bicyclic) bond motifs is 3. The Bertz CT molecular complexity index is 1560. The van der Waals surface area contributed by atoms with Crippen molar-refractivity contribution in [2.75, 3.05) is 18.6 Å². The lowest BCUT2D eigenvalue weighted by molar-refractivity contribution is -0.136. The summed E-state index contributed by atoms with van der Waals surface area (Å²) in [6, 6.07) is 12.3. The standard InChI is InChI=1S/C28H26F3N5O3/c1-17-32-15-23(39-17)20-9-8-19(14-22(20)38-2)24-33-34-25-27(11-5-13-35(24)25)12-10-18-6-3-4-7-21(18)36(26(27)37)16-28(29,30)31/h3-4,6-9,14-15H,5,10-13,16H2,1-2H3. The van der Waals surface area contributed by atoms with Gasteiger partial charge in [-0.2, -0.15) is 13.2 Å². The number of halogens is 3. The van der Waals surface area contributed by atoms with Gasteiger partial charge >= 0.3 is 6.18 Å². The Morgan fingerprint density at radius 3 is 2.69 bits per heavy atom. The largest absolute Gasteiger partial charge is 0.496 e. The number of hydrogen-bond donors (Lipinski definition) is 0. The molecule has 0 saturated carbocycles. The minimum absolute atomic E-state index is 0.302. The van der Waals surface area contributed by atoms with E-state index in [2.05, 4.69) is 15.2 Å². The molecule has 1 unspecified atom stereocenters. The molecule has 6 rings (SSSR count). The number of nitrogens with zero attached hydrogens (tertiary/aromatic N) is 5. The van der Waals surface area contributed by atoms with E-state index in [0.717, 1.165) is 10.5 Å². The molecule has 1 spiro atoms. The third-order valence-electron chi connectivity index (χ3n) is 7.61. The number of oxazole rings is 1. The third-order valence-corrected chi connectivity index (χ3v) is 7.61. The zero-order valence-corrected chi connectivity index (χ0v) is 21.5. The van der Waals surface area contributed by atoms with Crippen LogP contribution in [0.4, 0.5) is 18.9 Å². The molecule has 2 aromatic carbocycles. The first-order chi connectivity index (χ1) is 18.7. The maximum atomic E-state index is 14.1. The molecule has 2 aliphatic heterocycles. The summed E-state index contributed by atoms with van der Waals surface area (Å²) in [5.74, 6) is 1.98. The molecule has 8 nitrogen and oxygen atoms in total. The number of para-hydroxylation sites is 1. The summed E-state index contributed by atoms with van der Waals surface area (Å²) in [4.78, 5) is 19.1. The fourth-order valence-electron chi connectivity index (χ4n) is 5.84. The Hall–Kier alpha value is -4.15. The van der Waals surface area contributed by atoms with E-state index in [9.17, 15) is 18.0 Å². The lowest BCUT2D eigenvalue weighted by Gasteiger charge is -2.38. The van der Waals surface area contributed by atoms with Crippen molar-refractivity contribution in [3.05, 3.63) is 65.9 Å². The first-order valence-corrected chi connectivity index (χ1v) is 12.7. The molecule has 0 radical (unpaired) electrons. The molecule has 11 heteroatoms. The van der Waals surface area contributed by atoms with Gasteiger partial charge in [-0.1, -0.05) is 24.3 Å². The molecule has 1 amide bonds. The minimum Gasteiger partial charge on any atom is -0.496 e. The molecule has 39 heavy (non-hydrogen) atoms. The van der Waals surface area contributed by atoms with E-state index in [4.69, 9.17) is 9.15 Å². The van der Waals surface area contributed by atoms with Crippen molar-refractivity contribution < 1.29 is 27.1 Å². The fraction of sp³-hybridized carbons (Fsp3) is 0.357. The number of carbonyl (C=O) groups excluding carboxylic acids is 1. The van der Waals surface area contributed by atoms with Crippen LogP contribution >= 0.6 is 0 Å². The number of carbonyl (C=O) groups is 1. The van der Waals surface area contributed by atoms with Crippen molar-refractivity contribution in [2.45, 2.75) is 50.7 Å². The van der Waals surface area contributed by atoms with Gasteiger partial charge in [0, 0.05) is 24.7 Å². The van der Waals surface area contributed by atoms with Crippen molar-refractivity contribution in [3.63, 3.8) is 0 Å². The van der Waals surface area contributed by atoms with Crippen LogP contribution in [0.15, 0.2) is 53.1 Å². The molecule has 0 fully saturated rings. The van der Waals surface area contributed by atoms with Crippen molar-refractivity contribution >= 4 is 11.6 Å². The summed E-state index contributed by atoms with van der Waals surface area (Å²) in [5.41, 5.74) is 1.23. The predicted octanol–water partition coefficient (Wildman–Crippen LogP) is 5.49. The Morgan fingerprint density at radius 1 is 1.13 bits per heavy atom. The van der Waals surface area contributed by atoms with Gasteiger partial charge in [0.15, 0.2) is 17.5 Å². The second kappa shape index (κ2) is 9.25. The van der Waals surface area contributed by atoms with Gasteiger partial charge in [-0.05, 0) is 49.4 Å². The summed E-state index contributed by atoms with van der Waals surface area (Å²) >= 11 is 0.